The van der Waals surface area contributed by atoms with Gasteiger partial charge in [0.15, 0.2) is 5.16 Å². The first kappa shape index (κ1) is 21.4. The van der Waals surface area contributed by atoms with E-state index in [1.54, 1.807) is 42.2 Å². The average molecular weight is 443 g/mol. The SMILES string of the molecule is C[C@@H](Sc1nc(-c2ccccc2)cc(C(F)(F)F)n1)C(=O)N1CCCc2ccccc21. The molecule has 0 radical (unpaired) electrons. The van der Waals surface area contributed by atoms with Crippen molar-refractivity contribution in [2.24, 2.45) is 0 Å². The molecule has 0 N–H and O–H groups in total. The summed E-state index contributed by atoms with van der Waals surface area (Å²) >= 11 is 0.946. The van der Waals surface area contributed by atoms with Crippen LogP contribution in [-0.2, 0) is 17.4 Å². The normalized spacial score (nSPS) is 14.8. The molecule has 31 heavy (non-hydrogen) atoms. The molecule has 1 amide bonds. The summed E-state index contributed by atoms with van der Waals surface area (Å²) in [6.45, 7) is 2.26. The molecule has 1 aromatic heterocycles. The monoisotopic (exact) mass is 443 g/mol. The zero-order valence-corrected chi connectivity index (χ0v) is 17.6. The number of fused-ring (bicyclic) bond motifs is 1. The molecule has 2 aromatic carbocycles. The third kappa shape index (κ3) is 4.74. The van der Waals surface area contributed by atoms with Crippen LogP contribution < -0.4 is 4.90 Å². The number of anilines is 1. The van der Waals surface area contributed by atoms with Crippen molar-refractivity contribution in [2.75, 3.05) is 11.4 Å². The van der Waals surface area contributed by atoms with Crippen LogP contribution in [0.25, 0.3) is 11.3 Å². The summed E-state index contributed by atoms with van der Waals surface area (Å²) in [5.74, 6) is -0.167. The van der Waals surface area contributed by atoms with E-state index in [2.05, 4.69) is 9.97 Å². The van der Waals surface area contributed by atoms with Crippen molar-refractivity contribution in [3.05, 3.63) is 71.9 Å². The number of nitrogens with zero attached hydrogens (tertiary/aromatic N) is 3. The van der Waals surface area contributed by atoms with Crippen LogP contribution in [0.5, 0.6) is 0 Å². The number of para-hydroxylation sites is 1. The second kappa shape index (κ2) is 8.70. The third-order valence-electron chi connectivity index (χ3n) is 5.07. The summed E-state index contributed by atoms with van der Waals surface area (Å²) in [5.41, 5.74) is 1.67. The molecule has 0 unspecified atom stereocenters. The van der Waals surface area contributed by atoms with Gasteiger partial charge in [-0.05, 0) is 37.5 Å². The third-order valence-corrected chi connectivity index (χ3v) is 6.02. The van der Waals surface area contributed by atoms with Gasteiger partial charge in [-0.25, -0.2) is 9.97 Å². The molecule has 0 bridgehead atoms. The summed E-state index contributed by atoms with van der Waals surface area (Å²) in [5, 5.41) is -0.710. The zero-order chi connectivity index (χ0) is 22.0. The molecule has 8 heteroatoms. The highest BCUT2D eigenvalue weighted by atomic mass is 32.2. The van der Waals surface area contributed by atoms with Crippen LogP contribution >= 0.6 is 11.8 Å². The van der Waals surface area contributed by atoms with Crippen LogP contribution in [0.1, 0.15) is 24.6 Å². The van der Waals surface area contributed by atoms with Gasteiger partial charge in [0, 0.05) is 17.8 Å². The topological polar surface area (TPSA) is 46.1 Å². The van der Waals surface area contributed by atoms with E-state index in [1.165, 1.54) is 0 Å². The van der Waals surface area contributed by atoms with Crippen LogP contribution in [0.3, 0.4) is 0 Å². The first-order valence-corrected chi connectivity index (χ1v) is 10.8. The number of alkyl halides is 3. The minimum Gasteiger partial charge on any atom is -0.311 e. The molecule has 1 atom stereocenters. The zero-order valence-electron chi connectivity index (χ0n) is 16.8. The number of thioether (sulfide) groups is 1. The van der Waals surface area contributed by atoms with Gasteiger partial charge in [-0.1, -0.05) is 60.3 Å². The van der Waals surface area contributed by atoms with Crippen molar-refractivity contribution in [1.82, 2.24) is 9.97 Å². The number of rotatable bonds is 4. The Morgan fingerprint density at radius 1 is 1.06 bits per heavy atom. The summed E-state index contributed by atoms with van der Waals surface area (Å²) < 4.78 is 40.3. The fraction of sp³-hybridized carbons (Fsp3) is 0.261. The number of carbonyl (C=O) groups is 1. The molecule has 3 aromatic rings. The predicted octanol–water partition coefficient (Wildman–Crippen LogP) is 5.62. The smallest absolute Gasteiger partial charge is 0.311 e. The molecule has 0 spiro atoms. The Hall–Kier alpha value is -2.87. The Kier molecular flexibility index (Phi) is 6.00. The van der Waals surface area contributed by atoms with Gasteiger partial charge in [0.1, 0.15) is 5.69 Å². The number of halogens is 3. The molecule has 0 saturated carbocycles. The highest BCUT2D eigenvalue weighted by Gasteiger charge is 2.34. The minimum absolute atomic E-state index is 0.0696. The number of amides is 1. The van der Waals surface area contributed by atoms with Gasteiger partial charge in [-0.2, -0.15) is 13.2 Å². The molecule has 1 aliphatic heterocycles. The highest BCUT2D eigenvalue weighted by molar-refractivity contribution is 8.00. The van der Waals surface area contributed by atoms with Gasteiger partial charge >= 0.3 is 6.18 Å². The summed E-state index contributed by atoms with van der Waals surface area (Å²) in [7, 11) is 0. The van der Waals surface area contributed by atoms with Gasteiger partial charge in [-0.15, -0.1) is 0 Å². The fourth-order valence-corrected chi connectivity index (χ4v) is 4.42. The second-order valence-electron chi connectivity index (χ2n) is 7.27. The molecule has 160 valence electrons. The quantitative estimate of drug-likeness (QED) is 0.388. The number of aromatic nitrogens is 2. The van der Waals surface area contributed by atoms with Crippen molar-refractivity contribution >= 4 is 23.4 Å². The summed E-state index contributed by atoms with van der Waals surface area (Å²) in [6, 6.07) is 17.3. The van der Waals surface area contributed by atoms with E-state index in [-0.39, 0.29) is 16.8 Å². The van der Waals surface area contributed by atoms with Gasteiger partial charge in [-0.3, -0.25) is 4.79 Å². The molecule has 4 rings (SSSR count). The Bertz CT molecular complexity index is 1090. The van der Waals surface area contributed by atoms with E-state index >= 15 is 0 Å². The second-order valence-corrected chi connectivity index (χ2v) is 8.57. The maximum atomic E-state index is 13.4. The Labute approximate surface area is 182 Å². The first-order valence-electron chi connectivity index (χ1n) is 9.90. The molecular formula is C23H20F3N3OS. The lowest BCUT2D eigenvalue weighted by Crippen LogP contribution is -2.40. The molecule has 2 heterocycles. The lowest BCUT2D eigenvalue weighted by Gasteiger charge is -2.31. The Balaban J connectivity index is 1.62. The van der Waals surface area contributed by atoms with Gasteiger partial charge in [0.2, 0.25) is 5.91 Å². The number of aryl methyl sites for hydroxylation is 1. The first-order chi connectivity index (χ1) is 14.8. The van der Waals surface area contributed by atoms with Crippen LogP contribution in [0.4, 0.5) is 18.9 Å². The van der Waals surface area contributed by atoms with Gasteiger partial charge in [0.05, 0.1) is 10.9 Å². The van der Waals surface area contributed by atoms with E-state index in [9.17, 15) is 18.0 Å². The summed E-state index contributed by atoms with van der Waals surface area (Å²) in [4.78, 5) is 22.8. The largest absolute Gasteiger partial charge is 0.433 e. The van der Waals surface area contributed by atoms with Crippen LogP contribution in [0.15, 0.2) is 65.8 Å². The van der Waals surface area contributed by atoms with E-state index in [1.807, 2.05) is 24.3 Å². The van der Waals surface area contributed by atoms with Gasteiger partial charge < -0.3 is 4.90 Å². The maximum absolute atomic E-state index is 13.4. The van der Waals surface area contributed by atoms with Crippen molar-refractivity contribution in [3.63, 3.8) is 0 Å². The van der Waals surface area contributed by atoms with Crippen molar-refractivity contribution < 1.29 is 18.0 Å². The van der Waals surface area contributed by atoms with E-state index < -0.39 is 17.1 Å². The maximum Gasteiger partial charge on any atom is 0.433 e. The molecule has 0 saturated heterocycles. The summed E-state index contributed by atoms with van der Waals surface area (Å²) in [6.07, 6.45) is -2.86. The number of benzene rings is 2. The number of hydrogen-bond donors (Lipinski definition) is 0. The number of hydrogen-bond acceptors (Lipinski definition) is 4. The van der Waals surface area contributed by atoms with Crippen molar-refractivity contribution in [2.45, 2.75) is 36.3 Å². The lowest BCUT2D eigenvalue weighted by atomic mass is 10.0. The predicted molar refractivity (Wildman–Crippen MR) is 115 cm³/mol. The van der Waals surface area contributed by atoms with Crippen LogP contribution in [0, 0.1) is 0 Å². The minimum atomic E-state index is -4.61. The van der Waals surface area contributed by atoms with E-state index in [0.717, 1.165) is 41.9 Å². The Morgan fingerprint density at radius 3 is 2.52 bits per heavy atom. The fourth-order valence-electron chi connectivity index (χ4n) is 3.57. The van der Waals surface area contributed by atoms with E-state index in [4.69, 9.17) is 0 Å². The highest BCUT2D eigenvalue weighted by Crippen LogP contribution is 2.34. The van der Waals surface area contributed by atoms with Gasteiger partial charge in [0.25, 0.3) is 0 Å². The lowest BCUT2D eigenvalue weighted by molar-refractivity contribution is -0.141. The molecule has 0 aliphatic carbocycles. The number of carbonyl (C=O) groups excluding carboxylic acids is 1. The average Bonchev–Trinajstić information content (AvgIpc) is 2.78. The van der Waals surface area contributed by atoms with Crippen molar-refractivity contribution in [3.8, 4) is 11.3 Å². The van der Waals surface area contributed by atoms with E-state index in [0.29, 0.717) is 12.1 Å². The van der Waals surface area contributed by atoms with Crippen molar-refractivity contribution in [1.29, 1.82) is 0 Å². The molecular weight excluding hydrogens is 423 g/mol. The van der Waals surface area contributed by atoms with Crippen LogP contribution in [-0.4, -0.2) is 27.7 Å². The molecule has 4 nitrogen and oxygen atoms in total. The van der Waals surface area contributed by atoms with Crippen LogP contribution in [0.2, 0.25) is 0 Å². The standard InChI is InChI=1S/C23H20F3N3OS/c1-15(21(30)29-13-7-11-17-10-5-6-12-19(17)29)31-22-27-18(16-8-3-2-4-9-16)14-20(28-22)23(24,25)26/h2-6,8-10,12,14-15H,7,11,13H2,1H3/t15-/m1/s1. The molecule has 0 fully saturated rings. The Morgan fingerprint density at radius 2 is 1.77 bits per heavy atom. The molecule has 1 aliphatic rings.